The second-order valence-electron chi connectivity index (χ2n) is 5.99. The van der Waals surface area contributed by atoms with Crippen molar-refractivity contribution in [3.05, 3.63) is 61.3 Å². The summed E-state index contributed by atoms with van der Waals surface area (Å²) < 4.78 is 23.7. The summed E-state index contributed by atoms with van der Waals surface area (Å²) in [5.74, 6) is -0.507. The minimum absolute atomic E-state index is 0.0344. The Morgan fingerprint density at radius 2 is 2.15 bits per heavy atom. The maximum Gasteiger partial charge on any atom is 0.288 e. The van der Waals surface area contributed by atoms with Crippen LogP contribution >= 0.6 is 22.9 Å². The van der Waals surface area contributed by atoms with E-state index in [2.05, 4.69) is 0 Å². The Hall–Kier alpha value is -1.97. The molecule has 26 heavy (non-hydrogen) atoms. The number of thiophene rings is 1. The van der Waals surface area contributed by atoms with Crippen molar-refractivity contribution in [3.8, 4) is 0 Å². The van der Waals surface area contributed by atoms with E-state index in [1.165, 1.54) is 28.4 Å². The maximum absolute atomic E-state index is 13.0. The van der Waals surface area contributed by atoms with Crippen molar-refractivity contribution in [3.63, 3.8) is 0 Å². The molecule has 7 nitrogen and oxygen atoms in total. The van der Waals surface area contributed by atoms with Gasteiger partial charge in [0.15, 0.2) is 9.84 Å². The minimum Gasteiger partial charge on any atom is -0.329 e. The average Bonchev–Trinajstić information content (AvgIpc) is 3.21. The van der Waals surface area contributed by atoms with Crippen LogP contribution in [0.1, 0.15) is 21.7 Å². The molecule has 1 aliphatic rings. The van der Waals surface area contributed by atoms with Crippen LogP contribution in [-0.2, 0) is 16.4 Å². The minimum atomic E-state index is -3.18. The molecule has 0 aliphatic carbocycles. The molecule has 0 radical (unpaired) electrons. The number of hydrogen-bond acceptors (Lipinski definition) is 6. The first kappa shape index (κ1) is 18.8. The number of nitro benzene ring substituents is 1. The first-order chi connectivity index (χ1) is 12.3. The fraction of sp³-hybridized carbons (Fsp3) is 0.312. The molecule has 1 fully saturated rings. The highest BCUT2D eigenvalue weighted by Gasteiger charge is 2.35. The summed E-state index contributed by atoms with van der Waals surface area (Å²) in [6, 6.07) is 7.11. The maximum atomic E-state index is 13.0. The van der Waals surface area contributed by atoms with E-state index in [0.717, 1.165) is 10.9 Å². The van der Waals surface area contributed by atoms with Crippen molar-refractivity contribution < 1.29 is 18.1 Å². The molecule has 1 atom stereocenters. The highest BCUT2D eigenvalue weighted by Crippen LogP contribution is 2.28. The lowest BCUT2D eigenvalue weighted by atomic mass is 10.1. The molecule has 10 heteroatoms. The second-order valence-corrected chi connectivity index (χ2v) is 9.66. The van der Waals surface area contributed by atoms with Gasteiger partial charge in [-0.25, -0.2) is 8.42 Å². The van der Waals surface area contributed by atoms with Crippen LogP contribution in [0.2, 0.25) is 5.02 Å². The third-order valence-electron chi connectivity index (χ3n) is 4.21. The zero-order chi connectivity index (χ0) is 18.9. The van der Waals surface area contributed by atoms with Crippen molar-refractivity contribution in [2.24, 2.45) is 0 Å². The molecule has 1 amide bonds. The molecule has 1 aliphatic heterocycles. The number of sulfone groups is 1. The number of benzene rings is 1. The molecular formula is C16H15ClN2O5S2. The summed E-state index contributed by atoms with van der Waals surface area (Å²) in [6.07, 6.45) is 0.356. The Bertz CT molecular complexity index is 944. The molecule has 2 aromatic rings. The van der Waals surface area contributed by atoms with Crippen molar-refractivity contribution in [1.29, 1.82) is 0 Å². The van der Waals surface area contributed by atoms with E-state index in [-0.39, 0.29) is 34.3 Å². The number of nitrogens with zero attached hydrogens (tertiary/aromatic N) is 2. The van der Waals surface area contributed by atoms with Crippen molar-refractivity contribution in [2.45, 2.75) is 19.0 Å². The Labute approximate surface area is 159 Å². The van der Waals surface area contributed by atoms with Crippen LogP contribution in [0.4, 0.5) is 5.69 Å². The number of hydrogen-bond donors (Lipinski definition) is 0. The molecule has 1 saturated heterocycles. The van der Waals surface area contributed by atoms with E-state index >= 15 is 0 Å². The van der Waals surface area contributed by atoms with Gasteiger partial charge in [0, 0.05) is 22.5 Å². The lowest BCUT2D eigenvalue weighted by Crippen LogP contribution is -2.40. The number of amides is 1. The number of nitro groups is 1. The van der Waals surface area contributed by atoms with E-state index in [1.54, 1.807) is 0 Å². The van der Waals surface area contributed by atoms with Crippen LogP contribution in [0.25, 0.3) is 0 Å². The Kier molecular flexibility index (Phi) is 5.31. The zero-order valence-electron chi connectivity index (χ0n) is 13.5. The standard InChI is InChI=1S/C16H15ClN2O5S2/c17-14-4-3-11(8-15(14)19(21)22)16(20)18(9-13-2-1-6-25-13)12-5-7-26(23,24)10-12/h1-4,6,8,12H,5,7,9-10H2. The topological polar surface area (TPSA) is 97.6 Å². The first-order valence-electron chi connectivity index (χ1n) is 7.74. The summed E-state index contributed by atoms with van der Waals surface area (Å²) >= 11 is 7.27. The molecule has 2 heterocycles. The summed E-state index contributed by atoms with van der Waals surface area (Å²) in [5.41, 5.74) is -0.241. The number of carbonyl (C=O) groups is 1. The van der Waals surface area contributed by atoms with Gasteiger partial charge in [-0.05, 0) is 30.0 Å². The largest absolute Gasteiger partial charge is 0.329 e. The lowest BCUT2D eigenvalue weighted by Gasteiger charge is -2.28. The third-order valence-corrected chi connectivity index (χ3v) is 7.14. The van der Waals surface area contributed by atoms with Crippen LogP contribution in [0.3, 0.4) is 0 Å². The Balaban J connectivity index is 1.94. The molecular weight excluding hydrogens is 400 g/mol. The summed E-state index contributed by atoms with van der Waals surface area (Å²) in [6.45, 7) is 0.257. The molecule has 0 N–H and O–H groups in total. The summed E-state index contributed by atoms with van der Waals surface area (Å²) in [7, 11) is -3.18. The van der Waals surface area contributed by atoms with Gasteiger partial charge >= 0.3 is 0 Å². The molecule has 1 aromatic heterocycles. The normalized spacial score (nSPS) is 18.6. The predicted molar refractivity (Wildman–Crippen MR) is 99.4 cm³/mol. The van der Waals surface area contributed by atoms with Gasteiger partial charge in [0.05, 0.1) is 23.0 Å². The Morgan fingerprint density at radius 1 is 1.38 bits per heavy atom. The van der Waals surface area contributed by atoms with Crippen LogP contribution in [0, 0.1) is 10.1 Å². The summed E-state index contributed by atoms with van der Waals surface area (Å²) in [5, 5.41) is 12.9. The van der Waals surface area contributed by atoms with E-state index in [4.69, 9.17) is 11.6 Å². The number of halogens is 1. The van der Waals surface area contributed by atoms with Crippen molar-refractivity contribution in [1.82, 2.24) is 4.90 Å². The van der Waals surface area contributed by atoms with E-state index < -0.39 is 26.7 Å². The van der Waals surface area contributed by atoms with Gasteiger partial charge in [-0.2, -0.15) is 0 Å². The summed E-state index contributed by atoms with van der Waals surface area (Å²) in [4.78, 5) is 25.9. The lowest BCUT2D eigenvalue weighted by molar-refractivity contribution is -0.384. The van der Waals surface area contributed by atoms with Gasteiger partial charge < -0.3 is 4.90 Å². The first-order valence-corrected chi connectivity index (χ1v) is 10.8. The number of rotatable bonds is 5. The molecule has 138 valence electrons. The molecule has 3 rings (SSSR count). The Morgan fingerprint density at radius 3 is 2.73 bits per heavy atom. The zero-order valence-corrected chi connectivity index (χ0v) is 15.9. The SMILES string of the molecule is O=C(c1ccc(Cl)c([N+](=O)[O-])c1)N(Cc1cccs1)C1CCS(=O)(=O)C1. The van der Waals surface area contributed by atoms with E-state index in [9.17, 15) is 23.3 Å². The fourth-order valence-electron chi connectivity index (χ4n) is 2.91. The van der Waals surface area contributed by atoms with Gasteiger partial charge in [0.1, 0.15) is 5.02 Å². The fourth-order valence-corrected chi connectivity index (χ4v) is 5.53. The van der Waals surface area contributed by atoms with Crippen molar-refractivity contribution >= 4 is 44.4 Å². The van der Waals surface area contributed by atoms with E-state index in [0.29, 0.717) is 6.42 Å². The molecule has 0 bridgehead atoms. The van der Waals surface area contributed by atoms with Crippen LogP contribution in [0.5, 0.6) is 0 Å². The van der Waals surface area contributed by atoms with E-state index in [1.807, 2.05) is 17.5 Å². The highest BCUT2D eigenvalue weighted by molar-refractivity contribution is 7.91. The third kappa shape index (κ3) is 4.05. The van der Waals surface area contributed by atoms with Gasteiger partial charge in [-0.15, -0.1) is 11.3 Å². The van der Waals surface area contributed by atoms with Gasteiger partial charge in [0.2, 0.25) is 0 Å². The average molecular weight is 415 g/mol. The van der Waals surface area contributed by atoms with Crippen molar-refractivity contribution in [2.75, 3.05) is 11.5 Å². The second kappa shape index (κ2) is 7.34. The quantitative estimate of drug-likeness (QED) is 0.553. The smallest absolute Gasteiger partial charge is 0.288 e. The molecule has 1 unspecified atom stereocenters. The number of carbonyl (C=O) groups excluding carboxylic acids is 1. The monoisotopic (exact) mass is 414 g/mol. The van der Waals surface area contributed by atoms with Crippen LogP contribution in [0.15, 0.2) is 35.7 Å². The molecule has 0 saturated carbocycles. The van der Waals surface area contributed by atoms with Crippen LogP contribution < -0.4 is 0 Å². The highest BCUT2D eigenvalue weighted by atomic mass is 35.5. The van der Waals surface area contributed by atoms with Gasteiger partial charge in [-0.3, -0.25) is 14.9 Å². The molecule has 0 spiro atoms. The predicted octanol–water partition coefficient (Wildman–Crippen LogP) is 3.14. The van der Waals surface area contributed by atoms with Gasteiger partial charge in [-0.1, -0.05) is 17.7 Å². The van der Waals surface area contributed by atoms with Gasteiger partial charge in [0.25, 0.3) is 11.6 Å². The molecule has 1 aromatic carbocycles. The van der Waals surface area contributed by atoms with Crippen LogP contribution in [-0.4, -0.2) is 41.7 Å².